The van der Waals surface area contributed by atoms with Crippen molar-refractivity contribution in [2.24, 2.45) is 7.05 Å². The standard InChI is InChI=1S/C25H25NO4S/c1-3-8-16(25(28)29)20-22(18-13-14-9-4-6-11-17(14)30-18)21-15-10-5-7-12-19(15)31-24(21)26(2)23(20)27/h4,6,9,11,13,16H,3,5,7-8,10,12H2,1-2H3,(H,28,29). The minimum absolute atomic E-state index is 0.234. The zero-order chi connectivity index (χ0) is 21.7. The molecule has 0 saturated carbocycles. The lowest BCUT2D eigenvalue weighted by molar-refractivity contribution is -0.139. The van der Waals surface area contributed by atoms with Gasteiger partial charge in [0.2, 0.25) is 0 Å². The highest BCUT2D eigenvalue weighted by Crippen LogP contribution is 2.45. The number of pyridine rings is 1. The fraction of sp³-hybridized carbons (Fsp3) is 0.360. The third kappa shape index (κ3) is 3.12. The van der Waals surface area contributed by atoms with E-state index in [9.17, 15) is 14.7 Å². The highest BCUT2D eigenvalue weighted by molar-refractivity contribution is 7.19. The van der Waals surface area contributed by atoms with Gasteiger partial charge in [0, 0.05) is 33.8 Å². The van der Waals surface area contributed by atoms with Crippen LogP contribution in [0.1, 0.15) is 54.5 Å². The van der Waals surface area contributed by atoms with E-state index in [1.807, 2.05) is 37.3 Å². The number of carboxylic acids is 1. The number of hydrogen-bond acceptors (Lipinski definition) is 4. The number of carboxylic acid groups (broad SMARTS) is 1. The van der Waals surface area contributed by atoms with Crippen molar-refractivity contribution in [3.05, 3.63) is 56.7 Å². The van der Waals surface area contributed by atoms with E-state index in [1.54, 1.807) is 23.0 Å². The Kier molecular flexibility index (Phi) is 4.97. The quantitative estimate of drug-likeness (QED) is 0.426. The summed E-state index contributed by atoms with van der Waals surface area (Å²) in [6.45, 7) is 1.95. The maximum atomic E-state index is 13.6. The molecule has 0 aliphatic heterocycles. The Balaban J connectivity index is 1.95. The molecule has 1 aromatic carbocycles. The number of aryl methyl sites for hydroxylation is 3. The van der Waals surface area contributed by atoms with Crippen LogP contribution >= 0.6 is 11.3 Å². The summed E-state index contributed by atoms with van der Waals surface area (Å²) in [5, 5.41) is 12.0. The van der Waals surface area contributed by atoms with Crippen molar-refractivity contribution in [3.8, 4) is 11.3 Å². The fourth-order valence-electron chi connectivity index (χ4n) is 4.92. The summed E-state index contributed by atoms with van der Waals surface area (Å²) in [6, 6.07) is 9.70. The maximum absolute atomic E-state index is 13.6. The van der Waals surface area contributed by atoms with Gasteiger partial charge in [-0.2, -0.15) is 0 Å². The van der Waals surface area contributed by atoms with E-state index in [0.717, 1.165) is 46.9 Å². The predicted molar refractivity (Wildman–Crippen MR) is 124 cm³/mol. The maximum Gasteiger partial charge on any atom is 0.311 e. The van der Waals surface area contributed by atoms with E-state index in [4.69, 9.17) is 4.42 Å². The lowest BCUT2D eigenvalue weighted by Crippen LogP contribution is -2.28. The third-order valence-electron chi connectivity index (χ3n) is 6.41. The van der Waals surface area contributed by atoms with Gasteiger partial charge in [-0.15, -0.1) is 11.3 Å². The molecule has 0 radical (unpaired) electrons. The largest absolute Gasteiger partial charge is 0.481 e. The Labute approximate surface area is 183 Å². The smallest absolute Gasteiger partial charge is 0.311 e. The number of thiophene rings is 1. The number of carbonyl (C=O) groups is 1. The van der Waals surface area contributed by atoms with Crippen molar-refractivity contribution in [2.45, 2.75) is 51.4 Å². The van der Waals surface area contributed by atoms with Gasteiger partial charge in [0.1, 0.15) is 16.2 Å². The van der Waals surface area contributed by atoms with Crippen LogP contribution in [0, 0.1) is 0 Å². The number of hydrogen-bond donors (Lipinski definition) is 1. The van der Waals surface area contributed by atoms with Crippen LogP contribution in [0.4, 0.5) is 0 Å². The van der Waals surface area contributed by atoms with Crippen LogP contribution in [0.15, 0.2) is 39.5 Å². The lowest BCUT2D eigenvalue weighted by Gasteiger charge is -2.19. The van der Waals surface area contributed by atoms with Crippen molar-refractivity contribution >= 4 is 38.5 Å². The zero-order valence-electron chi connectivity index (χ0n) is 17.7. The number of para-hydroxylation sites is 1. The van der Waals surface area contributed by atoms with E-state index >= 15 is 0 Å². The molecule has 1 atom stereocenters. The first kappa shape index (κ1) is 20.1. The Morgan fingerprint density at radius 1 is 1.26 bits per heavy atom. The Hall–Kier alpha value is -2.86. The molecule has 3 heterocycles. The van der Waals surface area contributed by atoms with Gasteiger partial charge in [0.15, 0.2) is 0 Å². The van der Waals surface area contributed by atoms with Crippen molar-refractivity contribution in [3.63, 3.8) is 0 Å². The van der Waals surface area contributed by atoms with Crippen molar-refractivity contribution in [2.75, 3.05) is 0 Å². The number of aliphatic carboxylic acids is 1. The van der Waals surface area contributed by atoms with Crippen LogP contribution < -0.4 is 5.56 Å². The zero-order valence-corrected chi connectivity index (χ0v) is 18.6. The van der Waals surface area contributed by atoms with Crippen molar-refractivity contribution < 1.29 is 14.3 Å². The normalized spacial score (nSPS) is 14.8. The van der Waals surface area contributed by atoms with Gasteiger partial charge in [0.05, 0.1) is 5.92 Å². The molecular formula is C25H25NO4S. The molecule has 31 heavy (non-hydrogen) atoms. The summed E-state index contributed by atoms with van der Waals surface area (Å²) >= 11 is 1.67. The summed E-state index contributed by atoms with van der Waals surface area (Å²) in [5.74, 6) is -1.23. The first-order chi connectivity index (χ1) is 15.0. The Bertz CT molecular complexity index is 1340. The summed E-state index contributed by atoms with van der Waals surface area (Å²) in [7, 11) is 1.77. The molecule has 3 aromatic heterocycles. The second-order valence-electron chi connectivity index (χ2n) is 8.37. The van der Waals surface area contributed by atoms with Gasteiger partial charge in [-0.3, -0.25) is 9.59 Å². The van der Waals surface area contributed by atoms with E-state index in [0.29, 0.717) is 29.7 Å². The van der Waals surface area contributed by atoms with E-state index in [2.05, 4.69) is 0 Å². The van der Waals surface area contributed by atoms with Gasteiger partial charge >= 0.3 is 5.97 Å². The van der Waals surface area contributed by atoms with Crippen molar-refractivity contribution in [1.82, 2.24) is 4.57 Å². The van der Waals surface area contributed by atoms with Crippen molar-refractivity contribution in [1.29, 1.82) is 0 Å². The molecule has 0 spiro atoms. The monoisotopic (exact) mass is 435 g/mol. The highest BCUT2D eigenvalue weighted by Gasteiger charge is 2.32. The Morgan fingerprint density at radius 3 is 2.77 bits per heavy atom. The lowest BCUT2D eigenvalue weighted by atomic mass is 9.86. The number of furan rings is 1. The van der Waals surface area contributed by atoms with E-state index < -0.39 is 11.9 Å². The van der Waals surface area contributed by atoms with Crippen LogP contribution in [-0.2, 0) is 24.7 Å². The highest BCUT2D eigenvalue weighted by atomic mass is 32.1. The molecule has 5 rings (SSSR count). The van der Waals surface area contributed by atoms with Crippen LogP contribution in [-0.4, -0.2) is 15.6 Å². The molecule has 6 heteroatoms. The summed E-state index contributed by atoms with van der Waals surface area (Å²) in [4.78, 5) is 28.1. The fourth-order valence-corrected chi connectivity index (χ4v) is 6.28. The number of fused-ring (bicyclic) bond motifs is 4. The first-order valence-corrected chi connectivity index (χ1v) is 11.7. The second kappa shape index (κ2) is 7.68. The van der Waals surface area contributed by atoms with Crippen LogP contribution in [0.25, 0.3) is 32.5 Å². The molecule has 1 aliphatic carbocycles. The number of benzene rings is 1. The number of aromatic nitrogens is 1. The second-order valence-corrected chi connectivity index (χ2v) is 9.46. The first-order valence-electron chi connectivity index (χ1n) is 10.9. The average molecular weight is 436 g/mol. The molecule has 0 saturated heterocycles. The molecule has 5 nitrogen and oxygen atoms in total. The third-order valence-corrected chi connectivity index (χ3v) is 7.78. The van der Waals surface area contributed by atoms with Gasteiger partial charge < -0.3 is 14.1 Å². The van der Waals surface area contributed by atoms with Crippen LogP contribution in [0.3, 0.4) is 0 Å². The summed E-state index contributed by atoms with van der Waals surface area (Å²) in [5.41, 5.74) is 2.81. The minimum atomic E-state index is -0.959. The summed E-state index contributed by atoms with van der Waals surface area (Å²) < 4.78 is 7.89. The topological polar surface area (TPSA) is 72.4 Å². The average Bonchev–Trinajstić information content (AvgIpc) is 3.36. The summed E-state index contributed by atoms with van der Waals surface area (Å²) in [6.07, 6.45) is 5.30. The Morgan fingerprint density at radius 2 is 2.03 bits per heavy atom. The molecule has 0 fully saturated rings. The van der Waals surface area contributed by atoms with Crippen LogP contribution in [0.2, 0.25) is 0 Å². The van der Waals surface area contributed by atoms with Gasteiger partial charge in [-0.05, 0) is 49.8 Å². The number of nitrogens with zero attached hydrogens (tertiary/aromatic N) is 1. The SMILES string of the molecule is CCCC(C(=O)O)c1c(-c2cc3ccccc3o2)c2c3c(sc2n(C)c1=O)CCCC3. The molecule has 0 bridgehead atoms. The van der Waals surface area contributed by atoms with E-state index in [-0.39, 0.29) is 5.56 Å². The predicted octanol–water partition coefficient (Wildman–Crippen LogP) is 5.86. The number of rotatable bonds is 5. The van der Waals surface area contributed by atoms with Crippen LogP contribution in [0.5, 0.6) is 0 Å². The van der Waals surface area contributed by atoms with Gasteiger partial charge in [-0.1, -0.05) is 31.5 Å². The van der Waals surface area contributed by atoms with Gasteiger partial charge in [-0.25, -0.2) is 0 Å². The molecule has 4 aromatic rings. The molecular weight excluding hydrogens is 410 g/mol. The minimum Gasteiger partial charge on any atom is -0.481 e. The van der Waals surface area contributed by atoms with Gasteiger partial charge in [0.25, 0.3) is 5.56 Å². The molecule has 1 unspecified atom stereocenters. The van der Waals surface area contributed by atoms with E-state index in [1.165, 1.54) is 10.4 Å². The molecule has 1 N–H and O–H groups in total. The molecule has 1 aliphatic rings. The molecule has 160 valence electrons. The molecule has 0 amide bonds.